The molecule has 0 aromatic heterocycles. The lowest BCUT2D eigenvalue weighted by Gasteiger charge is -2.19. The van der Waals surface area contributed by atoms with E-state index in [1.54, 1.807) is 12.1 Å². The minimum Gasteiger partial charge on any atom is -0.508 e. The number of benzene rings is 1. The SMILES string of the molecule is Cc1cc(NC(=O)C2C(C)OC(C)C2C)c(C)cc1O. The van der Waals surface area contributed by atoms with Gasteiger partial charge in [-0.1, -0.05) is 6.92 Å². The third-order valence-corrected chi connectivity index (χ3v) is 4.35. The highest BCUT2D eigenvalue weighted by atomic mass is 16.5. The summed E-state index contributed by atoms with van der Waals surface area (Å²) in [4.78, 5) is 12.5. The molecule has 2 rings (SSSR count). The molecule has 4 atom stereocenters. The third-order valence-electron chi connectivity index (χ3n) is 4.35. The topological polar surface area (TPSA) is 58.6 Å². The van der Waals surface area contributed by atoms with Crippen molar-refractivity contribution in [2.45, 2.75) is 46.8 Å². The standard InChI is InChI=1S/C16H23NO3/c1-8-7-14(18)9(2)6-13(8)17-16(19)15-10(3)11(4)20-12(15)5/h6-7,10-12,15,18H,1-5H3,(H,17,19). The second-order valence-electron chi connectivity index (χ2n) is 5.87. The van der Waals surface area contributed by atoms with E-state index in [1.807, 2.05) is 34.6 Å². The van der Waals surface area contributed by atoms with Crippen molar-refractivity contribution in [2.24, 2.45) is 11.8 Å². The predicted molar refractivity (Wildman–Crippen MR) is 78.9 cm³/mol. The van der Waals surface area contributed by atoms with Gasteiger partial charge in [-0.2, -0.15) is 0 Å². The average Bonchev–Trinajstić information content (AvgIpc) is 2.60. The summed E-state index contributed by atoms with van der Waals surface area (Å²) in [5, 5.41) is 12.6. The minimum absolute atomic E-state index is 0.0115. The molecule has 4 unspecified atom stereocenters. The van der Waals surface area contributed by atoms with E-state index in [4.69, 9.17) is 4.74 Å². The zero-order valence-corrected chi connectivity index (χ0v) is 12.7. The first-order chi connectivity index (χ1) is 9.31. The van der Waals surface area contributed by atoms with Gasteiger partial charge in [-0.25, -0.2) is 0 Å². The van der Waals surface area contributed by atoms with Gasteiger partial charge in [0.2, 0.25) is 5.91 Å². The van der Waals surface area contributed by atoms with E-state index >= 15 is 0 Å². The van der Waals surface area contributed by atoms with Crippen LogP contribution in [0.3, 0.4) is 0 Å². The molecule has 0 spiro atoms. The Kier molecular flexibility index (Phi) is 4.04. The van der Waals surface area contributed by atoms with Crippen molar-refractivity contribution in [3.8, 4) is 5.75 Å². The summed E-state index contributed by atoms with van der Waals surface area (Å²) in [5.41, 5.74) is 2.36. The van der Waals surface area contributed by atoms with Gasteiger partial charge in [-0.3, -0.25) is 4.79 Å². The molecule has 4 nitrogen and oxygen atoms in total. The molecule has 0 bridgehead atoms. The molecule has 1 aromatic rings. The Labute approximate surface area is 120 Å². The summed E-state index contributed by atoms with van der Waals surface area (Å²) >= 11 is 0. The Morgan fingerprint density at radius 3 is 2.35 bits per heavy atom. The van der Waals surface area contributed by atoms with Crippen LogP contribution in [0.5, 0.6) is 5.75 Å². The van der Waals surface area contributed by atoms with Crippen LogP contribution in [-0.4, -0.2) is 23.2 Å². The van der Waals surface area contributed by atoms with E-state index in [-0.39, 0.29) is 35.7 Å². The Morgan fingerprint density at radius 2 is 1.80 bits per heavy atom. The highest BCUT2D eigenvalue weighted by Crippen LogP contribution is 2.33. The normalized spacial score (nSPS) is 29.4. The van der Waals surface area contributed by atoms with Gasteiger partial charge in [-0.15, -0.1) is 0 Å². The van der Waals surface area contributed by atoms with E-state index in [0.29, 0.717) is 0 Å². The highest BCUT2D eigenvalue weighted by Gasteiger charge is 2.41. The summed E-state index contributed by atoms with van der Waals surface area (Å²) in [6, 6.07) is 3.47. The van der Waals surface area contributed by atoms with Gasteiger partial charge in [0.1, 0.15) is 5.75 Å². The number of rotatable bonds is 2. The smallest absolute Gasteiger partial charge is 0.230 e. The summed E-state index contributed by atoms with van der Waals surface area (Å²) in [6.45, 7) is 9.68. The van der Waals surface area contributed by atoms with E-state index < -0.39 is 0 Å². The number of aromatic hydroxyl groups is 1. The maximum atomic E-state index is 12.5. The molecule has 0 radical (unpaired) electrons. The molecule has 2 N–H and O–H groups in total. The van der Waals surface area contributed by atoms with E-state index in [2.05, 4.69) is 5.32 Å². The first kappa shape index (κ1) is 14.9. The van der Waals surface area contributed by atoms with E-state index in [9.17, 15) is 9.90 Å². The van der Waals surface area contributed by atoms with Crippen LogP contribution < -0.4 is 5.32 Å². The number of carbonyl (C=O) groups is 1. The van der Waals surface area contributed by atoms with Crippen LogP contribution in [-0.2, 0) is 9.53 Å². The molecule has 4 heteroatoms. The molecule has 1 fully saturated rings. The predicted octanol–water partition coefficient (Wildman–Crippen LogP) is 3.01. The molecule has 1 aliphatic rings. The molecular formula is C16H23NO3. The molecule has 0 saturated carbocycles. The van der Waals surface area contributed by atoms with Gasteiger partial charge in [0, 0.05) is 5.69 Å². The number of carbonyl (C=O) groups excluding carboxylic acids is 1. The molecule has 0 aliphatic carbocycles. The summed E-state index contributed by atoms with van der Waals surface area (Å²) in [6.07, 6.45) is 0.0296. The van der Waals surface area contributed by atoms with Crippen molar-refractivity contribution < 1.29 is 14.6 Å². The van der Waals surface area contributed by atoms with Crippen molar-refractivity contribution >= 4 is 11.6 Å². The maximum absolute atomic E-state index is 12.5. The second-order valence-corrected chi connectivity index (χ2v) is 5.87. The van der Waals surface area contributed by atoms with Crippen LogP contribution in [0.1, 0.15) is 31.9 Å². The summed E-state index contributed by atoms with van der Waals surface area (Å²) in [5.74, 6) is 0.296. The number of ether oxygens (including phenoxy) is 1. The molecule has 1 aliphatic heterocycles. The fourth-order valence-electron chi connectivity index (χ4n) is 2.87. The molecule has 1 heterocycles. The van der Waals surface area contributed by atoms with Gasteiger partial charge < -0.3 is 15.2 Å². The van der Waals surface area contributed by atoms with E-state index in [1.165, 1.54) is 0 Å². The van der Waals surface area contributed by atoms with Crippen molar-refractivity contribution in [1.82, 2.24) is 0 Å². The quantitative estimate of drug-likeness (QED) is 0.817. The fourth-order valence-corrected chi connectivity index (χ4v) is 2.87. The van der Waals surface area contributed by atoms with Crippen LogP contribution in [0.4, 0.5) is 5.69 Å². The average molecular weight is 277 g/mol. The summed E-state index contributed by atoms with van der Waals surface area (Å²) < 4.78 is 5.72. The Morgan fingerprint density at radius 1 is 1.15 bits per heavy atom. The molecule has 20 heavy (non-hydrogen) atoms. The van der Waals surface area contributed by atoms with Crippen molar-refractivity contribution in [2.75, 3.05) is 5.32 Å². The molecule has 1 aromatic carbocycles. The number of anilines is 1. The van der Waals surface area contributed by atoms with Crippen LogP contribution in [0.15, 0.2) is 12.1 Å². The van der Waals surface area contributed by atoms with Crippen LogP contribution in [0, 0.1) is 25.7 Å². The number of amides is 1. The maximum Gasteiger partial charge on any atom is 0.230 e. The van der Waals surface area contributed by atoms with Crippen molar-refractivity contribution in [3.63, 3.8) is 0 Å². The first-order valence-corrected chi connectivity index (χ1v) is 7.07. The zero-order valence-electron chi connectivity index (χ0n) is 12.7. The number of phenolic OH excluding ortho intramolecular Hbond substituents is 1. The van der Waals surface area contributed by atoms with Gasteiger partial charge in [0.15, 0.2) is 0 Å². The van der Waals surface area contributed by atoms with Crippen LogP contribution in [0.2, 0.25) is 0 Å². The van der Waals surface area contributed by atoms with Gasteiger partial charge >= 0.3 is 0 Å². The van der Waals surface area contributed by atoms with Crippen molar-refractivity contribution in [1.29, 1.82) is 0 Å². The minimum atomic E-state index is -0.140. The number of hydrogen-bond donors (Lipinski definition) is 2. The monoisotopic (exact) mass is 277 g/mol. The van der Waals surface area contributed by atoms with Crippen LogP contribution >= 0.6 is 0 Å². The molecular weight excluding hydrogens is 254 g/mol. The van der Waals surface area contributed by atoms with E-state index in [0.717, 1.165) is 16.8 Å². The van der Waals surface area contributed by atoms with Crippen LogP contribution in [0.25, 0.3) is 0 Å². The lowest BCUT2D eigenvalue weighted by atomic mass is 9.88. The molecule has 1 saturated heterocycles. The number of aryl methyl sites for hydroxylation is 2. The number of hydrogen-bond acceptors (Lipinski definition) is 3. The Balaban J connectivity index is 2.18. The number of phenols is 1. The fraction of sp³-hybridized carbons (Fsp3) is 0.562. The molecule has 1 amide bonds. The van der Waals surface area contributed by atoms with Gasteiger partial charge in [-0.05, 0) is 56.9 Å². The largest absolute Gasteiger partial charge is 0.508 e. The van der Waals surface area contributed by atoms with Gasteiger partial charge in [0.05, 0.1) is 18.1 Å². The Hall–Kier alpha value is -1.55. The third kappa shape index (κ3) is 2.66. The first-order valence-electron chi connectivity index (χ1n) is 7.07. The van der Waals surface area contributed by atoms with Gasteiger partial charge in [0.25, 0.3) is 0 Å². The zero-order chi connectivity index (χ0) is 15.0. The second kappa shape index (κ2) is 5.44. The Bertz CT molecular complexity index is 527. The highest BCUT2D eigenvalue weighted by molar-refractivity contribution is 5.94. The number of nitrogens with one attached hydrogen (secondary N) is 1. The summed E-state index contributed by atoms with van der Waals surface area (Å²) in [7, 11) is 0. The van der Waals surface area contributed by atoms with Crippen molar-refractivity contribution in [3.05, 3.63) is 23.3 Å². The molecule has 110 valence electrons. The lowest BCUT2D eigenvalue weighted by Crippen LogP contribution is -2.32. The lowest BCUT2D eigenvalue weighted by molar-refractivity contribution is -0.121.